The van der Waals surface area contributed by atoms with Crippen LogP contribution in [0, 0.1) is 22.2 Å². The van der Waals surface area contributed by atoms with Crippen molar-refractivity contribution in [1.29, 1.82) is 0 Å². The summed E-state index contributed by atoms with van der Waals surface area (Å²) in [6, 6.07) is 0. The second-order valence-corrected chi connectivity index (χ2v) is 9.82. The first-order chi connectivity index (χ1) is 8.77. The number of rotatable bonds is 2. The smallest absolute Gasteiger partial charge is 0.0896 e. The van der Waals surface area contributed by atoms with Crippen LogP contribution < -0.4 is 0 Å². The van der Waals surface area contributed by atoms with Gasteiger partial charge < -0.3 is 9.47 Å². The first kappa shape index (κ1) is 18.0. The van der Waals surface area contributed by atoms with Crippen molar-refractivity contribution in [3.05, 3.63) is 0 Å². The molecule has 1 unspecified atom stereocenters. The third-order valence-electron chi connectivity index (χ3n) is 4.31. The Balaban J connectivity index is 3.10. The average Bonchev–Trinajstić information content (AvgIpc) is 2.52. The summed E-state index contributed by atoms with van der Waals surface area (Å²) in [5, 5.41) is 0. The molecule has 1 aliphatic rings. The van der Waals surface area contributed by atoms with E-state index in [2.05, 4.69) is 62.3 Å². The number of ether oxygens (including phenoxy) is 2. The molecule has 0 spiro atoms. The lowest BCUT2D eigenvalue weighted by Crippen LogP contribution is -2.42. The first-order valence-corrected chi connectivity index (χ1v) is 7.95. The molecule has 1 rings (SSSR count). The number of hydrogen-bond donors (Lipinski definition) is 0. The molecular weight excluding hydrogens is 248 g/mol. The summed E-state index contributed by atoms with van der Waals surface area (Å²) < 4.78 is 12.4. The van der Waals surface area contributed by atoms with Gasteiger partial charge in [-0.1, -0.05) is 62.3 Å². The van der Waals surface area contributed by atoms with Crippen molar-refractivity contribution in [1.82, 2.24) is 0 Å². The predicted octanol–water partition coefficient (Wildman–Crippen LogP) is 4.91. The van der Waals surface area contributed by atoms with E-state index in [1.165, 1.54) is 0 Å². The van der Waals surface area contributed by atoms with Gasteiger partial charge in [-0.3, -0.25) is 0 Å². The quantitative estimate of drug-likeness (QED) is 0.717. The maximum absolute atomic E-state index is 6.52. The molecule has 1 saturated heterocycles. The Kier molecular flexibility index (Phi) is 5.04. The van der Waals surface area contributed by atoms with Crippen molar-refractivity contribution in [2.75, 3.05) is 7.11 Å². The van der Waals surface area contributed by atoms with Crippen LogP contribution in [-0.2, 0) is 9.47 Å². The minimum absolute atomic E-state index is 0.108. The zero-order valence-corrected chi connectivity index (χ0v) is 15.3. The molecule has 0 amide bonds. The van der Waals surface area contributed by atoms with Crippen molar-refractivity contribution < 1.29 is 9.47 Å². The van der Waals surface area contributed by atoms with E-state index < -0.39 is 0 Å². The van der Waals surface area contributed by atoms with Gasteiger partial charge >= 0.3 is 0 Å². The Morgan fingerprint density at radius 2 is 1.35 bits per heavy atom. The van der Waals surface area contributed by atoms with Crippen LogP contribution in [0.25, 0.3) is 0 Å². The van der Waals surface area contributed by atoms with Crippen LogP contribution in [-0.4, -0.2) is 25.4 Å². The van der Waals surface area contributed by atoms with E-state index in [9.17, 15) is 0 Å². The van der Waals surface area contributed by atoms with Gasteiger partial charge in [-0.2, -0.15) is 0 Å². The van der Waals surface area contributed by atoms with Gasteiger partial charge in [-0.15, -0.1) is 0 Å². The van der Waals surface area contributed by atoms with Crippen LogP contribution in [0.4, 0.5) is 0 Å². The third-order valence-corrected chi connectivity index (χ3v) is 4.31. The largest absolute Gasteiger partial charge is 0.378 e. The minimum Gasteiger partial charge on any atom is -0.378 e. The summed E-state index contributed by atoms with van der Waals surface area (Å²) >= 11 is 0. The summed E-state index contributed by atoms with van der Waals surface area (Å²) in [5.41, 5.74) is 0.576. The molecular formula is C18H36O2. The Labute approximate surface area is 126 Å². The molecule has 1 aliphatic heterocycles. The Bertz CT molecular complexity index is 314. The summed E-state index contributed by atoms with van der Waals surface area (Å²) in [7, 11) is 1.84. The SMILES string of the molecule is CO[C@H]1C(C(C)(C)C)[C@@H](CC(C)(C)C)O[C@H]1C(C)(C)C. The molecule has 1 fully saturated rings. The molecule has 0 saturated carbocycles. The molecule has 0 aromatic carbocycles. The van der Waals surface area contributed by atoms with Crippen molar-refractivity contribution >= 4 is 0 Å². The van der Waals surface area contributed by atoms with Gasteiger partial charge in [0.05, 0.1) is 18.3 Å². The summed E-state index contributed by atoms with van der Waals surface area (Å²) in [4.78, 5) is 0. The molecule has 2 nitrogen and oxygen atoms in total. The van der Waals surface area contributed by atoms with Gasteiger partial charge in [0.25, 0.3) is 0 Å². The molecule has 0 aromatic heterocycles. The Morgan fingerprint density at radius 3 is 1.65 bits per heavy atom. The fraction of sp³-hybridized carbons (Fsp3) is 1.00. The molecule has 0 N–H and O–H groups in total. The van der Waals surface area contributed by atoms with Gasteiger partial charge in [-0.25, -0.2) is 0 Å². The lowest BCUT2D eigenvalue weighted by atomic mass is 9.69. The molecule has 0 aromatic rings. The van der Waals surface area contributed by atoms with Crippen molar-refractivity contribution in [3.63, 3.8) is 0 Å². The lowest BCUT2D eigenvalue weighted by molar-refractivity contribution is -0.0687. The summed E-state index contributed by atoms with van der Waals surface area (Å²) in [5.74, 6) is 0.441. The van der Waals surface area contributed by atoms with Crippen molar-refractivity contribution in [2.45, 2.75) is 87.0 Å². The maximum atomic E-state index is 6.52. The highest BCUT2D eigenvalue weighted by Crippen LogP contribution is 2.48. The van der Waals surface area contributed by atoms with E-state index in [-0.39, 0.29) is 34.6 Å². The lowest BCUT2D eigenvalue weighted by Gasteiger charge is -2.37. The summed E-state index contributed by atoms with van der Waals surface area (Å²) in [6.07, 6.45) is 1.72. The van der Waals surface area contributed by atoms with Crippen LogP contribution in [0.2, 0.25) is 0 Å². The van der Waals surface area contributed by atoms with Gasteiger partial charge in [0.2, 0.25) is 0 Å². The van der Waals surface area contributed by atoms with Crippen LogP contribution in [0.1, 0.15) is 68.7 Å². The Hall–Kier alpha value is -0.0800. The third kappa shape index (κ3) is 4.21. The monoisotopic (exact) mass is 284 g/mol. The fourth-order valence-electron chi connectivity index (χ4n) is 3.55. The zero-order valence-electron chi connectivity index (χ0n) is 15.3. The highest BCUT2D eigenvalue weighted by atomic mass is 16.6. The molecule has 120 valence electrons. The van der Waals surface area contributed by atoms with Crippen LogP contribution >= 0.6 is 0 Å². The first-order valence-electron chi connectivity index (χ1n) is 7.95. The topological polar surface area (TPSA) is 18.5 Å². The van der Waals surface area contributed by atoms with E-state index in [0.29, 0.717) is 5.92 Å². The molecule has 0 aliphatic carbocycles. The predicted molar refractivity (Wildman–Crippen MR) is 85.9 cm³/mol. The van der Waals surface area contributed by atoms with Gasteiger partial charge in [0.1, 0.15) is 0 Å². The molecule has 20 heavy (non-hydrogen) atoms. The molecule has 1 heterocycles. The highest BCUT2D eigenvalue weighted by molar-refractivity contribution is 5.01. The Morgan fingerprint density at radius 1 is 0.850 bits per heavy atom. The highest BCUT2D eigenvalue weighted by Gasteiger charge is 2.53. The number of methoxy groups -OCH3 is 1. The van der Waals surface area contributed by atoms with E-state index in [1.54, 1.807) is 0 Å². The van der Waals surface area contributed by atoms with Gasteiger partial charge in [0, 0.05) is 13.0 Å². The second-order valence-electron chi connectivity index (χ2n) is 9.82. The normalized spacial score (nSPS) is 32.7. The zero-order chi connectivity index (χ0) is 15.9. The van der Waals surface area contributed by atoms with E-state index in [1.807, 2.05) is 7.11 Å². The van der Waals surface area contributed by atoms with Crippen molar-refractivity contribution in [2.24, 2.45) is 22.2 Å². The van der Waals surface area contributed by atoms with Gasteiger partial charge in [-0.05, 0) is 22.7 Å². The van der Waals surface area contributed by atoms with E-state index in [0.717, 1.165) is 6.42 Å². The second kappa shape index (κ2) is 5.61. The van der Waals surface area contributed by atoms with Crippen LogP contribution in [0.3, 0.4) is 0 Å². The molecule has 0 radical (unpaired) electrons. The molecule has 0 bridgehead atoms. The molecule has 4 atom stereocenters. The van der Waals surface area contributed by atoms with Crippen LogP contribution in [0.15, 0.2) is 0 Å². The average molecular weight is 284 g/mol. The number of hydrogen-bond acceptors (Lipinski definition) is 2. The molecule has 2 heteroatoms. The summed E-state index contributed by atoms with van der Waals surface area (Å²) in [6.45, 7) is 20.6. The van der Waals surface area contributed by atoms with Crippen LogP contribution in [0.5, 0.6) is 0 Å². The van der Waals surface area contributed by atoms with Gasteiger partial charge in [0.15, 0.2) is 0 Å². The van der Waals surface area contributed by atoms with E-state index >= 15 is 0 Å². The van der Waals surface area contributed by atoms with Crippen molar-refractivity contribution in [3.8, 4) is 0 Å². The standard InChI is InChI=1S/C18H36O2/c1-16(2,3)11-12-13(17(4,5)6)14(19-10)15(20-12)18(7,8)9/h12-15H,11H2,1-10H3/t12-,13?,14+,15-/m1/s1. The van der Waals surface area contributed by atoms with E-state index in [4.69, 9.17) is 9.47 Å². The minimum atomic E-state index is 0.108. The fourth-order valence-corrected chi connectivity index (χ4v) is 3.55. The maximum Gasteiger partial charge on any atom is 0.0896 e.